The van der Waals surface area contributed by atoms with Gasteiger partial charge in [0.1, 0.15) is 5.92 Å². The van der Waals surface area contributed by atoms with Crippen molar-refractivity contribution in [1.29, 1.82) is 0 Å². The fourth-order valence-electron chi connectivity index (χ4n) is 4.67. The Kier molecular flexibility index (Phi) is 5.73. The number of nitrogens with one attached hydrogen (secondary N) is 2. The van der Waals surface area contributed by atoms with Crippen LogP contribution in [0.2, 0.25) is 5.02 Å². The average molecular weight is 437 g/mol. The van der Waals surface area contributed by atoms with E-state index in [9.17, 15) is 14.7 Å². The van der Waals surface area contributed by atoms with Gasteiger partial charge in [-0.1, -0.05) is 48.0 Å². The molecule has 3 N–H and O–H groups in total. The van der Waals surface area contributed by atoms with Crippen LogP contribution in [0.25, 0.3) is 0 Å². The molecule has 2 heterocycles. The summed E-state index contributed by atoms with van der Waals surface area (Å²) in [7, 11) is 0. The largest absolute Gasteiger partial charge is 0.481 e. The summed E-state index contributed by atoms with van der Waals surface area (Å²) >= 11 is 6.05. The number of carbonyl (C=O) groups is 2. The second-order valence-corrected chi connectivity index (χ2v) is 8.99. The standard InChI is InChI=1S/C25H25ClN2O3/c1-25(2)18-7-4-3-6-16(18)14-20(28-25)23(29)22(24(30)31)21(19-8-5-13-27-19)15-9-11-17(26)12-10-15/h3-13,20-22,27-28H,14H2,1-2H3,(H,30,31). The van der Waals surface area contributed by atoms with E-state index in [1.807, 2.05) is 44.2 Å². The number of rotatable bonds is 6. The van der Waals surface area contributed by atoms with Crippen molar-refractivity contribution in [3.63, 3.8) is 0 Å². The van der Waals surface area contributed by atoms with E-state index in [2.05, 4.69) is 10.3 Å². The van der Waals surface area contributed by atoms with E-state index in [1.54, 1.807) is 36.5 Å². The molecule has 1 aromatic heterocycles. The number of carbonyl (C=O) groups excluding carboxylic acids is 1. The monoisotopic (exact) mass is 436 g/mol. The maximum atomic E-state index is 13.7. The summed E-state index contributed by atoms with van der Waals surface area (Å²) in [5.74, 6) is -3.37. The van der Waals surface area contributed by atoms with Crippen LogP contribution in [-0.4, -0.2) is 27.9 Å². The summed E-state index contributed by atoms with van der Waals surface area (Å²) in [6.45, 7) is 4.03. The van der Waals surface area contributed by atoms with Gasteiger partial charge in [0.05, 0.1) is 6.04 Å². The van der Waals surface area contributed by atoms with E-state index in [-0.39, 0.29) is 5.78 Å². The molecule has 0 aliphatic carbocycles. The number of H-pyrrole nitrogens is 1. The molecule has 1 aliphatic rings. The van der Waals surface area contributed by atoms with Crippen molar-refractivity contribution in [1.82, 2.24) is 10.3 Å². The first kappa shape index (κ1) is 21.3. The number of halogens is 1. The van der Waals surface area contributed by atoms with Crippen LogP contribution in [0, 0.1) is 5.92 Å². The van der Waals surface area contributed by atoms with Crippen molar-refractivity contribution in [3.8, 4) is 0 Å². The second kappa shape index (κ2) is 8.33. The lowest BCUT2D eigenvalue weighted by Gasteiger charge is -2.39. The predicted molar refractivity (Wildman–Crippen MR) is 120 cm³/mol. The van der Waals surface area contributed by atoms with Gasteiger partial charge in [-0.05, 0) is 61.2 Å². The average Bonchev–Trinajstić information content (AvgIpc) is 3.26. The van der Waals surface area contributed by atoms with Crippen molar-refractivity contribution in [2.75, 3.05) is 0 Å². The zero-order valence-electron chi connectivity index (χ0n) is 17.4. The van der Waals surface area contributed by atoms with Crippen LogP contribution in [0.5, 0.6) is 0 Å². The minimum absolute atomic E-state index is 0.329. The van der Waals surface area contributed by atoms with Crippen LogP contribution < -0.4 is 5.32 Å². The van der Waals surface area contributed by atoms with Crippen molar-refractivity contribution < 1.29 is 14.7 Å². The Morgan fingerprint density at radius 3 is 2.42 bits per heavy atom. The Labute approximate surface area is 186 Å². The molecule has 3 unspecified atom stereocenters. The lowest BCUT2D eigenvalue weighted by atomic mass is 9.75. The molecule has 4 rings (SSSR count). The normalized spacial score (nSPS) is 19.3. The van der Waals surface area contributed by atoms with Gasteiger partial charge in [-0.25, -0.2) is 0 Å². The fraction of sp³-hybridized carbons (Fsp3) is 0.280. The Balaban J connectivity index is 1.74. The molecule has 6 heteroatoms. The van der Waals surface area contributed by atoms with E-state index >= 15 is 0 Å². The lowest BCUT2D eigenvalue weighted by Crippen LogP contribution is -2.55. The summed E-state index contributed by atoms with van der Waals surface area (Å²) < 4.78 is 0. The molecule has 5 nitrogen and oxygen atoms in total. The van der Waals surface area contributed by atoms with Gasteiger partial charge in [-0.15, -0.1) is 0 Å². The number of aromatic nitrogens is 1. The van der Waals surface area contributed by atoms with Crippen molar-refractivity contribution in [2.45, 2.75) is 37.8 Å². The molecule has 0 fully saturated rings. The van der Waals surface area contributed by atoms with E-state index in [0.29, 0.717) is 17.1 Å². The molecule has 160 valence electrons. The zero-order valence-corrected chi connectivity index (χ0v) is 18.2. The molecule has 0 saturated heterocycles. The third kappa shape index (κ3) is 4.16. The van der Waals surface area contributed by atoms with E-state index in [4.69, 9.17) is 11.6 Å². The fourth-order valence-corrected chi connectivity index (χ4v) is 4.79. The van der Waals surface area contributed by atoms with Crippen LogP contribution in [-0.2, 0) is 21.5 Å². The van der Waals surface area contributed by atoms with Gasteiger partial charge in [0, 0.05) is 28.4 Å². The SMILES string of the molecule is CC1(C)NC(C(=O)C(C(=O)O)C(c2ccc(Cl)cc2)c2ccc[nH]2)Cc2ccccc21. The number of fused-ring (bicyclic) bond motifs is 1. The Hall–Kier alpha value is -2.89. The highest BCUT2D eigenvalue weighted by Crippen LogP contribution is 2.36. The molecule has 0 saturated carbocycles. The Bertz CT molecular complexity index is 1090. The molecule has 31 heavy (non-hydrogen) atoms. The number of hydrogen-bond donors (Lipinski definition) is 3. The molecule has 3 aromatic rings. The lowest BCUT2D eigenvalue weighted by molar-refractivity contribution is -0.147. The Morgan fingerprint density at radius 1 is 1.06 bits per heavy atom. The highest BCUT2D eigenvalue weighted by Gasteiger charge is 2.44. The first-order valence-electron chi connectivity index (χ1n) is 10.3. The predicted octanol–water partition coefficient (Wildman–Crippen LogP) is 4.52. The van der Waals surface area contributed by atoms with Gasteiger partial charge in [-0.2, -0.15) is 0 Å². The smallest absolute Gasteiger partial charge is 0.315 e. The number of carboxylic acid groups (broad SMARTS) is 1. The first-order valence-corrected chi connectivity index (χ1v) is 10.7. The van der Waals surface area contributed by atoms with Gasteiger partial charge >= 0.3 is 5.97 Å². The van der Waals surface area contributed by atoms with Crippen LogP contribution in [0.15, 0.2) is 66.9 Å². The van der Waals surface area contributed by atoms with E-state index in [0.717, 1.165) is 16.7 Å². The highest BCUT2D eigenvalue weighted by atomic mass is 35.5. The minimum Gasteiger partial charge on any atom is -0.481 e. The topological polar surface area (TPSA) is 82.2 Å². The number of benzene rings is 2. The van der Waals surface area contributed by atoms with Crippen LogP contribution in [0.3, 0.4) is 0 Å². The number of aliphatic carboxylic acids is 1. The molecule has 3 atom stereocenters. The molecule has 0 amide bonds. The summed E-state index contributed by atoms with van der Waals surface area (Å²) in [6.07, 6.45) is 2.19. The maximum Gasteiger partial charge on any atom is 0.315 e. The minimum atomic E-state index is -1.25. The van der Waals surface area contributed by atoms with Crippen molar-refractivity contribution >= 4 is 23.4 Å². The van der Waals surface area contributed by atoms with Crippen molar-refractivity contribution in [3.05, 3.63) is 94.3 Å². The summed E-state index contributed by atoms with van der Waals surface area (Å²) in [5.41, 5.74) is 3.16. The maximum absolute atomic E-state index is 13.7. The summed E-state index contributed by atoms with van der Waals surface area (Å²) in [4.78, 5) is 29.3. The van der Waals surface area contributed by atoms with Crippen LogP contribution in [0.4, 0.5) is 0 Å². The first-order chi connectivity index (χ1) is 14.8. The summed E-state index contributed by atoms with van der Waals surface area (Å²) in [6, 6.07) is 18.0. The Morgan fingerprint density at radius 2 is 1.77 bits per heavy atom. The summed E-state index contributed by atoms with van der Waals surface area (Å²) in [5, 5.41) is 14.2. The second-order valence-electron chi connectivity index (χ2n) is 8.56. The van der Waals surface area contributed by atoms with E-state index in [1.165, 1.54) is 0 Å². The van der Waals surface area contributed by atoms with Gasteiger partial charge in [0.25, 0.3) is 0 Å². The molecular weight excluding hydrogens is 412 g/mol. The number of carboxylic acids is 1. The highest BCUT2D eigenvalue weighted by molar-refractivity contribution is 6.30. The molecule has 1 aliphatic heterocycles. The number of aromatic amines is 1. The third-order valence-corrected chi connectivity index (χ3v) is 6.34. The van der Waals surface area contributed by atoms with Gasteiger partial charge in [0.2, 0.25) is 0 Å². The zero-order chi connectivity index (χ0) is 22.2. The van der Waals surface area contributed by atoms with Gasteiger partial charge in [-0.3, -0.25) is 14.9 Å². The van der Waals surface area contributed by atoms with Gasteiger partial charge < -0.3 is 10.1 Å². The molecular formula is C25H25ClN2O3. The molecule has 0 radical (unpaired) electrons. The van der Waals surface area contributed by atoms with Crippen LogP contribution >= 0.6 is 11.6 Å². The molecule has 0 bridgehead atoms. The van der Waals surface area contributed by atoms with Crippen molar-refractivity contribution in [2.24, 2.45) is 5.92 Å². The number of hydrogen-bond acceptors (Lipinski definition) is 3. The number of Topliss-reactive ketones (excluding diaryl/α,β-unsaturated/α-hetero) is 1. The quantitative estimate of drug-likeness (QED) is 0.496. The molecule has 0 spiro atoms. The van der Waals surface area contributed by atoms with Crippen LogP contribution in [0.1, 0.15) is 42.1 Å². The van der Waals surface area contributed by atoms with Gasteiger partial charge in [0.15, 0.2) is 5.78 Å². The molecule has 2 aromatic carbocycles. The number of ketones is 1. The third-order valence-electron chi connectivity index (χ3n) is 6.09. The van der Waals surface area contributed by atoms with E-state index < -0.39 is 29.4 Å².